The SMILES string of the molecule is CNCCCn1cc(S(=O)(=O)N2CCCOC(C)C2)cn1. The van der Waals surface area contributed by atoms with E-state index in [0.717, 1.165) is 19.4 Å². The summed E-state index contributed by atoms with van der Waals surface area (Å²) in [7, 11) is -1.58. The van der Waals surface area contributed by atoms with E-state index in [2.05, 4.69) is 10.4 Å². The van der Waals surface area contributed by atoms with Gasteiger partial charge in [-0.05, 0) is 33.4 Å². The minimum absolute atomic E-state index is 0.0760. The van der Waals surface area contributed by atoms with Crippen LogP contribution in [0.1, 0.15) is 19.8 Å². The topological polar surface area (TPSA) is 76.5 Å². The fraction of sp³-hybridized carbons (Fsp3) is 0.769. The van der Waals surface area contributed by atoms with E-state index in [9.17, 15) is 8.42 Å². The molecule has 1 unspecified atom stereocenters. The number of aromatic nitrogens is 2. The van der Waals surface area contributed by atoms with Gasteiger partial charge in [-0.1, -0.05) is 0 Å². The van der Waals surface area contributed by atoms with Crippen molar-refractivity contribution < 1.29 is 13.2 Å². The molecule has 0 bridgehead atoms. The van der Waals surface area contributed by atoms with Crippen molar-refractivity contribution in [3.8, 4) is 0 Å². The molecule has 0 saturated carbocycles. The molecule has 120 valence electrons. The number of hydrogen-bond donors (Lipinski definition) is 1. The second-order valence-corrected chi connectivity index (χ2v) is 7.23. The molecule has 2 heterocycles. The molecule has 8 heteroatoms. The molecule has 7 nitrogen and oxygen atoms in total. The summed E-state index contributed by atoms with van der Waals surface area (Å²) in [6.45, 7) is 4.98. The van der Waals surface area contributed by atoms with Gasteiger partial charge in [-0.3, -0.25) is 4.68 Å². The van der Waals surface area contributed by atoms with Crippen LogP contribution in [0.3, 0.4) is 0 Å². The summed E-state index contributed by atoms with van der Waals surface area (Å²) in [6, 6.07) is 0. The van der Waals surface area contributed by atoms with Crippen LogP contribution in [-0.4, -0.2) is 61.9 Å². The zero-order chi connectivity index (χ0) is 15.3. The Kier molecular flexibility index (Phi) is 5.74. The maximum absolute atomic E-state index is 12.6. The summed E-state index contributed by atoms with van der Waals surface area (Å²) >= 11 is 0. The lowest BCUT2D eigenvalue weighted by Gasteiger charge is -2.20. The number of aryl methyl sites for hydroxylation is 1. The van der Waals surface area contributed by atoms with Crippen LogP contribution in [0.5, 0.6) is 0 Å². The molecule has 0 radical (unpaired) electrons. The largest absolute Gasteiger partial charge is 0.377 e. The molecule has 21 heavy (non-hydrogen) atoms. The summed E-state index contributed by atoms with van der Waals surface area (Å²) in [5, 5.41) is 7.20. The Morgan fingerprint density at radius 1 is 1.52 bits per heavy atom. The van der Waals surface area contributed by atoms with Gasteiger partial charge in [0.05, 0.1) is 12.3 Å². The van der Waals surface area contributed by atoms with Gasteiger partial charge in [0.25, 0.3) is 0 Å². The average molecular weight is 316 g/mol. The van der Waals surface area contributed by atoms with Gasteiger partial charge in [-0.15, -0.1) is 0 Å². The molecule has 1 aliphatic rings. The third-order valence-electron chi connectivity index (χ3n) is 3.48. The molecule has 0 aliphatic carbocycles. The van der Waals surface area contributed by atoms with Gasteiger partial charge in [-0.2, -0.15) is 9.40 Å². The van der Waals surface area contributed by atoms with Gasteiger partial charge < -0.3 is 10.1 Å². The van der Waals surface area contributed by atoms with E-state index < -0.39 is 10.0 Å². The highest BCUT2D eigenvalue weighted by Gasteiger charge is 2.28. The lowest BCUT2D eigenvalue weighted by atomic mass is 10.4. The second-order valence-electron chi connectivity index (χ2n) is 5.29. The molecule has 0 aromatic carbocycles. The van der Waals surface area contributed by atoms with Crippen molar-refractivity contribution >= 4 is 10.0 Å². The predicted molar refractivity (Wildman–Crippen MR) is 79.6 cm³/mol. The van der Waals surface area contributed by atoms with Crippen LogP contribution in [0.15, 0.2) is 17.3 Å². The lowest BCUT2D eigenvalue weighted by Crippen LogP contribution is -2.35. The van der Waals surface area contributed by atoms with Gasteiger partial charge >= 0.3 is 0 Å². The van der Waals surface area contributed by atoms with Crippen LogP contribution in [-0.2, 0) is 21.3 Å². The van der Waals surface area contributed by atoms with Crippen molar-refractivity contribution in [2.75, 3.05) is 33.3 Å². The van der Waals surface area contributed by atoms with Crippen molar-refractivity contribution in [1.82, 2.24) is 19.4 Å². The summed E-state index contributed by atoms with van der Waals surface area (Å²) in [4.78, 5) is 0.265. The minimum atomic E-state index is -3.47. The number of nitrogens with zero attached hydrogens (tertiary/aromatic N) is 3. The fourth-order valence-corrected chi connectivity index (χ4v) is 3.85. The molecular weight excluding hydrogens is 292 g/mol. The van der Waals surface area contributed by atoms with E-state index in [4.69, 9.17) is 4.74 Å². The Morgan fingerprint density at radius 2 is 2.33 bits per heavy atom. The first-order chi connectivity index (χ1) is 10.0. The molecule has 1 N–H and O–H groups in total. The van der Waals surface area contributed by atoms with Crippen LogP contribution in [0.25, 0.3) is 0 Å². The molecule has 1 saturated heterocycles. The van der Waals surface area contributed by atoms with Crippen molar-refractivity contribution in [3.63, 3.8) is 0 Å². The van der Waals surface area contributed by atoms with Crippen molar-refractivity contribution in [1.29, 1.82) is 0 Å². The average Bonchev–Trinajstić information content (AvgIpc) is 2.81. The first-order valence-corrected chi connectivity index (χ1v) is 8.77. The summed E-state index contributed by atoms with van der Waals surface area (Å²) in [6.07, 6.45) is 4.60. The monoisotopic (exact) mass is 316 g/mol. The second kappa shape index (κ2) is 7.35. The van der Waals surface area contributed by atoms with Gasteiger partial charge in [0.2, 0.25) is 10.0 Å². The Balaban J connectivity index is 2.08. The third kappa shape index (κ3) is 4.26. The van der Waals surface area contributed by atoms with Crippen LogP contribution >= 0.6 is 0 Å². The number of nitrogens with one attached hydrogen (secondary N) is 1. The van der Waals surface area contributed by atoms with E-state index in [0.29, 0.717) is 26.2 Å². The van der Waals surface area contributed by atoms with E-state index in [1.807, 2.05) is 14.0 Å². The van der Waals surface area contributed by atoms with E-state index >= 15 is 0 Å². The number of rotatable bonds is 6. The van der Waals surface area contributed by atoms with Crippen LogP contribution < -0.4 is 5.32 Å². The molecule has 1 atom stereocenters. The van der Waals surface area contributed by atoms with Crippen molar-refractivity contribution in [3.05, 3.63) is 12.4 Å². The van der Waals surface area contributed by atoms with E-state index in [-0.39, 0.29) is 11.0 Å². The maximum Gasteiger partial charge on any atom is 0.246 e. The molecular formula is C13H24N4O3S. The molecule has 2 rings (SSSR count). The predicted octanol–water partition coefficient (Wildman–Crippen LogP) is 0.292. The molecule has 0 amide bonds. The normalized spacial score (nSPS) is 21.3. The summed E-state index contributed by atoms with van der Waals surface area (Å²) < 4.78 is 34.0. The van der Waals surface area contributed by atoms with Crippen LogP contribution in [0, 0.1) is 0 Å². The molecule has 0 spiro atoms. The first-order valence-electron chi connectivity index (χ1n) is 7.33. The number of hydrogen-bond acceptors (Lipinski definition) is 5. The Morgan fingerprint density at radius 3 is 3.10 bits per heavy atom. The van der Waals surface area contributed by atoms with Gasteiger partial charge in [0.15, 0.2) is 0 Å². The standard InChI is InChI=1S/C13H24N4O3S/c1-12-10-17(7-4-8-20-12)21(18,19)13-9-15-16(11-13)6-3-5-14-2/h9,11-12,14H,3-8,10H2,1-2H3. The maximum atomic E-state index is 12.6. The van der Waals surface area contributed by atoms with E-state index in [1.165, 1.54) is 10.5 Å². The van der Waals surface area contributed by atoms with Gasteiger partial charge in [-0.25, -0.2) is 8.42 Å². The highest BCUT2D eigenvalue weighted by atomic mass is 32.2. The third-order valence-corrected chi connectivity index (χ3v) is 5.29. The Labute approximate surface area is 126 Å². The lowest BCUT2D eigenvalue weighted by molar-refractivity contribution is 0.0752. The zero-order valence-electron chi connectivity index (χ0n) is 12.7. The number of sulfonamides is 1. The van der Waals surface area contributed by atoms with Crippen molar-refractivity contribution in [2.45, 2.75) is 37.3 Å². The van der Waals surface area contributed by atoms with Crippen LogP contribution in [0.2, 0.25) is 0 Å². The molecule has 1 aromatic rings. The molecule has 1 fully saturated rings. The highest BCUT2D eigenvalue weighted by molar-refractivity contribution is 7.89. The fourth-order valence-electron chi connectivity index (χ4n) is 2.34. The van der Waals surface area contributed by atoms with Crippen LogP contribution in [0.4, 0.5) is 0 Å². The summed E-state index contributed by atoms with van der Waals surface area (Å²) in [5.74, 6) is 0. The van der Waals surface area contributed by atoms with Crippen molar-refractivity contribution in [2.24, 2.45) is 0 Å². The summed E-state index contributed by atoms with van der Waals surface area (Å²) in [5.41, 5.74) is 0. The first kappa shape index (κ1) is 16.4. The zero-order valence-corrected chi connectivity index (χ0v) is 13.5. The van der Waals surface area contributed by atoms with E-state index in [1.54, 1.807) is 10.9 Å². The Hall–Kier alpha value is -0.960. The quantitative estimate of drug-likeness (QED) is 0.764. The minimum Gasteiger partial charge on any atom is -0.377 e. The van der Waals surface area contributed by atoms with Gasteiger partial charge in [0.1, 0.15) is 4.90 Å². The van der Waals surface area contributed by atoms with Gasteiger partial charge in [0, 0.05) is 32.4 Å². The smallest absolute Gasteiger partial charge is 0.246 e. The highest BCUT2D eigenvalue weighted by Crippen LogP contribution is 2.18. The Bertz CT molecular complexity index is 543. The molecule has 1 aliphatic heterocycles. The molecule has 1 aromatic heterocycles. The number of ether oxygens (including phenoxy) is 1.